The molecular formula is C26H34ClN3O2. The predicted octanol–water partition coefficient (Wildman–Crippen LogP) is 4.06. The highest BCUT2D eigenvalue weighted by atomic mass is 35.5. The third-order valence-corrected chi connectivity index (χ3v) is 6.83. The molecule has 0 unspecified atom stereocenters. The first-order valence-electron chi connectivity index (χ1n) is 11.9. The number of ether oxygens (including phenoxy) is 1. The Hall–Kier alpha value is -2.08. The Morgan fingerprint density at radius 2 is 1.84 bits per heavy atom. The third-order valence-electron chi connectivity index (χ3n) is 6.59. The second kappa shape index (κ2) is 11.7. The van der Waals surface area contributed by atoms with Crippen molar-refractivity contribution >= 4 is 17.5 Å². The maximum absolute atomic E-state index is 12.1. The summed E-state index contributed by atoms with van der Waals surface area (Å²) < 4.78 is 5.70. The lowest BCUT2D eigenvalue weighted by Crippen LogP contribution is -2.44. The average molecular weight is 456 g/mol. The average Bonchev–Trinajstić information content (AvgIpc) is 3.28. The fraction of sp³-hybridized carbons (Fsp3) is 0.500. The molecule has 2 aromatic rings. The van der Waals surface area contributed by atoms with Crippen molar-refractivity contribution in [1.82, 2.24) is 16.0 Å². The van der Waals surface area contributed by atoms with E-state index in [9.17, 15) is 4.79 Å². The van der Waals surface area contributed by atoms with Crippen molar-refractivity contribution in [3.05, 3.63) is 64.7 Å². The topological polar surface area (TPSA) is 62.4 Å². The van der Waals surface area contributed by atoms with E-state index in [1.54, 1.807) is 0 Å². The maximum Gasteiger partial charge on any atom is 0.258 e. The van der Waals surface area contributed by atoms with Crippen molar-refractivity contribution < 1.29 is 9.53 Å². The van der Waals surface area contributed by atoms with Gasteiger partial charge in [0.25, 0.3) is 5.91 Å². The van der Waals surface area contributed by atoms with Gasteiger partial charge in [0.05, 0.1) is 0 Å². The van der Waals surface area contributed by atoms with Gasteiger partial charge in [0.1, 0.15) is 5.75 Å². The Morgan fingerprint density at radius 1 is 1.03 bits per heavy atom. The summed E-state index contributed by atoms with van der Waals surface area (Å²) in [5.41, 5.74) is 2.63. The Balaban J connectivity index is 1.16. The van der Waals surface area contributed by atoms with Crippen LogP contribution < -0.4 is 20.7 Å². The number of piperidine rings is 1. The minimum atomic E-state index is -0.0385. The van der Waals surface area contributed by atoms with Crippen molar-refractivity contribution in [2.75, 3.05) is 26.2 Å². The highest BCUT2D eigenvalue weighted by molar-refractivity contribution is 6.30. The largest absolute Gasteiger partial charge is 0.484 e. The molecule has 6 heteroatoms. The van der Waals surface area contributed by atoms with Gasteiger partial charge in [-0.1, -0.05) is 35.9 Å². The van der Waals surface area contributed by atoms with Gasteiger partial charge in [-0.05, 0) is 99.5 Å². The van der Waals surface area contributed by atoms with Crippen molar-refractivity contribution in [3.63, 3.8) is 0 Å². The number of rotatable bonds is 9. The Kier molecular flexibility index (Phi) is 8.43. The second-order valence-electron chi connectivity index (χ2n) is 8.99. The van der Waals surface area contributed by atoms with Gasteiger partial charge >= 0.3 is 0 Å². The zero-order valence-electron chi connectivity index (χ0n) is 18.6. The second-order valence-corrected chi connectivity index (χ2v) is 9.43. The van der Waals surface area contributed by atoms with Crippen LogP contribution in [0.4, 0.5) is 0 Å². The van der Waals surface area contributed by atoms with Crippen LogP contribution in [0.25, 0.3) is 0 Å². The van der Waals surface area contributed by atoms with Gasteiger partial charge in [-0.2, -0.15) is 0 Å². The molecule has 5 nitrogen and oxygen atoms in total. The molecule has 0 bridgehead atoms. The number of amides is 1. The molecule has 1 aliphatic carbocycles. The molecule has 3 N–H and O–H groups in total. The molecule has 1 saturated heterocycles. The molecule has 1 amide bonds. The summed E-state index contributed by atoms with van der Waals surface area (Å²) in [6, 6.07) is 17.2. The van der Waals surface area contributed by atoms with Crippen molar-refractivity contribution in [3.8, 4) is 5.75 Å². The fourth-order valence-corrected chi connectivity index (χ4v) is 5.02. The number of nitrogens with one attached hydrogen (secondary N) is 3. The van der Waals surface area contributed by atoms with Gasteiger partial charge in [0, 0.05) is 17.1 Å². The molecular weight excluding hydrogens is 422 g/mol. The molecule has 32 heavy (non-hydrogen) atoms. The molecule has 2 atom stereocenters. The molecule has 172 valence electrons. The first-order valence-corrected chi connectivity index (χ1v) is 12.2. The van der Waals surface area contributed by atoms with E-state index in [1.807, 2.05) is 30.3 Å². The Labute approximate surface area is 196 Å². The van der Waals surface area contributed by atoms with Crippen LogP contribution in [0.15, 0.2) is 48.5 Å². The third kappa shape index (κ3) is 6.96. The molecule has 1 saturated carbocycles. The van der Waals surface area contributed by atoms with Gasteiger partial charge in [0.15, 0.2) is 6.61 Å². The first-order chi connectivity index (χ1) is 15.7. The predicted molar refractivity (Wildman–Crippen MR) is 130 cm³/mol. The number of halogens is 1. The van der Waals surface area contributed by atoms with Crippen LogP contribution in [0.3, 0.4) is 0 Å². The molecule has 2 aliphatic rings. The van der Waals surface area contributed by atoms with E-state index in [-0.39, 0.29) is 18.6 Å². The quantitative estimate of drug-likeness (QED) is 0.533. The molecule has 0 radical (unpaired) electrons. The van der Waals surface area contributed by atoms with E-state index >= 15 is 0 Å². The number of hydrogen-bond donors (Lipinski definition) is 3. The lowest BCUT2D eigenvalue weighted by molar-refractivity contribution is -0.123. The van der Waals surface area contributed by atoms with E-state index < -0.39 is 0 Å². The van der Waals surface area contributed by atoms with Gasteiger partial charge in [0.2, 0.25) is 0 Å². The summed E-state index contributed by atoms with van der Waals surface area (Å²) in [4.78, 5) is 12.1. The standard InChI is InChI=1S/C26H34ClN3O2/c27-22-3-1-2-19(16-22)10-15-29-24-7-4-21(17-24)20-5-8-25(9-6-20)32-18-26(31)30-23-11-13-28-14-12-23/h1-3,5-6,8-9,16,21,23-24,28-29H,4,7,10-15,17-18H2,(H,30,31)/t21-,24+/m1/s1. The molecule has 0 aromatic heterocycles. The van der Waals surface area contributed by atoms with E-state index in [2.05, 4.69) is 34.1 Å². The molecule has 2 aromatic carbocycles. The van der Waals surface area contributed by atoms with E-state index in [0.717, 1.165) is 56.1 Å². The molecule has 4 rings (SSSR count). The van der Waals surface area contributed by atoms with Crippen LogP contribution in [0.2, 0.25) is 5.02 Å². The smallest absolute Gasteiger partial charge is 0.258 e. The molecule has 1 aliphatic heterocycles. The number of hydrogen-bond acceptors (Lipinski definition) is 4. The van der Waals surface area contributed by atoms with E-state index in [4.69, 9.17) is 16.3 Å². The Bertz CT molecular complexity index is 868. The van der Waals surface area contributed by atoms with Crippen LogP contribution in [-0.4, -0.2) is 44.2 Å². The highest BCUT2D eigenvalue weighted by Crippen LogP contribution is 2.35. The lowest BCUT2D eigenvalue weighted by atomic mass is 9.97. The van der Waals surface area contributed by atoms with E-state index in [0.29, 0.717) is 12.0 Å². The lowest BCUT2D eigenvalue weighted by Gasteiger charge is -2.23. The summed E-state index contributed by atoms with van der Waals surface area (Å²) in [7, 11) is 0. The highest BCUT2D eigenvalue weighted by Gasteiger charge is 2.25. The summed E-state index contributed by atoms with van der Waals surface area (Å²) in [6.45, 7) is 2.98. The van der Waals surface area contributed by atoms with Crippen LogP contribution in [0, 0.1) is 0 Å². The summed E-state index contributed by atoms with van der Waals surface area (Å²) in [5.74, 6) is 1.29. The van der Waals surface area contributed by atoms with Gasteiger partial charge in [-0.3, -0.25) is 4.79 Å². The molecule has 1 heterocycles. The van der Waals surface area contributed by atoms with Crippen LogP contribution in [-0.2, 0) is 11.2 Å². The van der Waals surface area contributed by atoms with E-state index in [1.165, 1.54) is 24.0 Å². The first kappa shape index (κ1) is 23.1. The Morgan fingerprint density at radius 3 is 2.62 bits per heavy atom. The SMILES string of the molecule is O=C(COc1ccc([C@@H]2CC[C@H](NCCc3cccc(Cl)c3)C2)cc1)NC1CCNCC1. The zero-order chi connectivity index (χ0) is 22.2. The van der Waals surface area contributed by atoms with Crippen molar-refractivity contribution in [2.45, 2.75) is 56.5 Å². The van der Waals surface area contributed by atoms with Gasteiger partial charge in [-0.15, -0.1) is 0 Å². The molecule has 0 spiro atoms. The van der Waals surface area contributed by atoms with Crippen LogP contribution in [0.1, 0.15) is 49.1 Å². The van der Waals surface area contributed by atoms with Crippen molar-refractivity contribution in [1.29, 1.82) is 0 Å². The molecule has 2 fully saturated rings. The minimum absolute atomic E-state index is 0.0385. The van der Waals surface area contributed by atoms with Crippen LogP contribution >= 0.6 is 11.6 Å². The monoisotopic (exact) mass is 455 g/mol. The normalized spacial score (nSPS) is 21.4. The summed E-state index contributed by atoms with van der Waals surface area (Å²) in [5, 5.41) is 10.9. The summed E-state index contributed by atoms with van der Waals surface area (Å²) in [6.07, 6.45) is 6.53. The number of carbonyl (C=O) groups excluding carboxylic acids is 1. The minimum Gasteiger partial charge on any atom is -0.484 e. The number of carbonyl (C=O) groups is 1. The van der Waals surface area contributed by atoms with Gasteiger partial charge in [-0.25, -0.2) is 0 Å². The van der Waals surface area contributed by atoms with Gasteiger partial charge < -0.3 is 20.7 Å². The maximum atomic E-state index is 12.1. The number of benzene rings is 2. The van der Waals surface area contributed by atoms with Crippen LogP contribution in [0.5, 0.6) is 5.75 Å². The zero-order valence-corrected chi connectivity index (χ0v) is 19.4. The summed E-state index contributed by atoms with van der Waals surface area (Å²) >= 11 is 6.07. The van der Waals surface area contributed by atoms with Crippen molar-refractivity contribution in [2.24, 2.45) is 0 Å². The fourth-order valence-electron chi connectivity index (χ4n) is 4.80.